The standard InChI is InChI=1S/C44H57N11O10S2/c1-31-25-46-42(58)49-41(31)67-38(40(57)45-26-32-4-8-36(60-3)9-5-32)29-64-23-22-63-21-20-62-19-18-61-17-16-55-27-35(51-52-55)28-65-37-10-6-33(7-11-37)47-43(59)50-44-48-34(30-66-44)24-39(56)54-14-12-53(2)13-15-54/h4-11,25,27,30,38H,12-24,26,28-29H2,1-3H3,(H,45,57)(H,46,49,58)(H2,47,48,50,59). The first-order valence-corrected chi connectivity index (χ1v) is 23.4. The second-order valence-corrected chi connectivity index (χ2v) is 17.2. The fraction of sp³-hybridized carbons (Fsp3) is 0.455. The van der Waals surface area contributed by atoms with Crippen LogP contribution in [0.5, 0.6) is 11.5 Å². The number of anilines is 2. The lowest BCUT2D eigenvalue weighted by Gasteiger charge is -2.32. The first-order chi connectivity index (χ1) is 32.6. The minimum absolute atomic E-state index is 0.0379. The third-order valence-electron chi connectivity index (χ3n) is 10.0. The summed E-state index contributed by atoms with van der Waals surface area (Å²) in [5.74, 6) is 1.12. The maximum Gasteiger partial charge on any atom is 0.345 e. The Kier molecular flexibility index (Phi) is 20.3. The van der Waals surface area contributed by atoms with Crippen molar-refractivity contribution in [2.24, 2.45) is 0 Å². The molecular weight excluding hydrogens is 907 g/mol. The van der Waals surface area contributed by atoms with Crippen LogP contribution >= 0.6 is 23.1 Å². The largest absolute Gasteiger partial charge is 0.497 e. The molecule has 23 heteroatoms. The Hall–Kier alpha value is -5.95. The molecule has 4 N–H and O–H groups in total. The normalized spacial score (nSPS) is 13.3. The molecule has 4 amide bonds. The van der Waals surface area contributed by atoms with E-state index in [1.54, 1.807) is 47.6 Å². The summed E-state index contributed by atoms with van der Waals surface area (Å²) in [4.78, 5) is 65.1. The van der Waals surface area contributed by atoms with Crippen LogP contribution in [0.3, 0.4) is 0 Å². The number of thiazole rings is 1. The number of nitrogens with one attached hydrogen (secondary N) is 4. The number of aromatic nitrogens is 6. The summed E-state index contributed by atoms with van der Waals surface area (Å²) in [6.45, 7) is 8.58. The predicted molar refractivity (Wildman–Crippen MR) is 251 cm³/mol. The van der Waals surface area contributed by atoms with Gasteiger partial charge in [-0.2, -0.15) is 0 Å². The van der Waals surface area contributed by atoms with Gasteiger partial charge in [-0.15, -0.1) is 16.4 Å². The van der Waals surface area contributed by atoms with E-state index in [-0.39, 0.29) is 38.1 Å². The Bertz CT molecular complexity index is 2360. The molecule has 0 bridgehead atoms. The smallest absolute Gasteiger partial charge is 0.345 e. The van der Waals surface area contributed by atoms with Crippen molar-refractivity contribution in [2.45, 2.75) is 43.3 Å². The molecule has 67 heavy (non-hydrogen) atoms. The van der Waals surface area contributed by atoms with Gasteiger partial charge in [0.25, 0.3) is 0 Å². The highest BCUT2D eigenvalue weighted by molar-refractivity contribution is 8.00. The third-order valence-corrected chi connectivity index (χ3v) is 12.1. The van der Waals surface area contributed by atoms with Gasteiger partial charge in [-0.1, -0.05) is 29.1 Å². The molecule has 0 spiro atoms. The van der Waals surface area contributed by atoms with E-state index in [0.717, 1.165) is 30.0 Å². The Labute approximate surface area is 396 Å². The number of ether oxygens (including phenoxy) is 6. The second-order valence-electron chi connectivity index (χ2n) is 15.2. The highest BCUT2D eigenvalue weighted by atomic mass is 32.2. The summed E-state index contributed by atoms with van der Waals surface area (Å²) in [6.07, 6.45) is 3.46. The molecule has 0 radical (unpaired) electrons. The van der Waals surface area contributed by atoms with E-state index in [0.29, 0.717) is 98.8 Å². The Morgan fingerprint density at radius 1 is 0.866 bits per heavy atom. The van der Waals surface area contributed by atoms with E-state index in [1.165, 1.54) is 29.3 Å². The number of carbonyl (C=O) groups excluding carboxylic acids is 3. The number of hydrogen-bond acceptors (Lipinski definition) is 17. The average molecular weight is 964 g/mol. The lowest BCUT2D eigenvalue weighted by Crippen LogP contribution is -2.47. The third kappa shape index (κ3) is 17.7. The summed E-state index contributed by atoms with van der Waals surface area (Å²) in [5, 5.41) is 18.9. The molecular formula is C44H57N11O10S2. The number of benzene rings is 2. The average Bonchev–Trinajstić information content (AvgIpc) is 3.99. The van der Waals surface area contributed by atoms with Crippen molar-refractivity contribution in [3.8, 4) is 11.5 Å². The van der Waals surface area contributed by atoms with Gasteiger partial charge in [0.1, 0.15) is 29.0 Å². The number of piperazine rings is 1. The number of likely N-dealkylation sites (N-methyl/N-ethyl adjacent to an activating group) is 1. The molecule has 1 unspecified atom stereocenters. The van der Waals surface area contributed by atoms with Gasteiger partial charge < -0.3 is 53.8 Å². The van der Waals surface area contributed by atoms with Crippen molar-refractivity contribution < 1.29 is 42.8 Å². The van der Waals surface area contributed by atoms with Gasteiger partial charge in [0.2, 0.25) is 11.8 Å². The molecule has 1 atom stereocenters. The molecule has 5 aromatic rings. The maximum absolute atomic E-state index is 13.2. The zero-order valence-corrected chi connectivity index (χ0v) is 39.4. The van der Waals surface area contributed by atoms with Gasteiger partial charge in [-0.05, 0) is 61.5 Å². The molecule has 360 valence electrons. The summed E-state index contributed by atoms with van der Waals surface area (Å²) >= 11 is 2.48. The van der Waals surface area contributed by atoms with Gasteiger partial charge >= 0.3 is 11.7 Å². The number of methoxy groups -OCH3 is 1. The van der Waals surface area contributed by atoms with Crippen molar-refractivity contribution >= 4 is 51.8 Å². The summed E-state index contributed by atoms with van der Waals surface area (Å²) in [5.41, 5.74) is 3.01. The number of aryl methyl sites for hydroxylation is 1. The van der Waals surface area contributed by atoms with Gasteiger partial charge in [-0.25, -0.2) is 24.2 Å². The van der Waals surface area contributed by atoms with Crippen LogP contribution in [0.2, 0.25) is 0 Å². The molecule has 1 saturated heterocycles. The minimum Gasteiger partial charge on any atom is -0.497 e. The van der Waals surface area contributed by atoms with E-state index >= 15 is 0 Å². The van der Waals surface area contributed by atoms with Crippen molar-refractivity contribution in [1.82, 2.24) is 45.1 Å². The highest BCUT2D eigenvalue weighted by Crippen LogP contribution is 2.24. The van der Waals surface area contributed by atoms with E-state index in [9.17, 15) is 19.2 Å². The van der Waals surface area contributed by atoms with Gasteiger partial charge in [0, 0.05) is 50.0 Å². The maximum atomic E-state index is 13.2. The molecule has 1 aliphatic heterocycles. The number of amides is 4. The SMILES string of the molecule is COc1ccc(CNC(=O)C(COCCOCCOCCOCCn2cc(COc3ccc(NC(=O)Nc4nc(CC(=O)N5CCN(C)CC5)cs4)cc3)nn2)Sc2[nH]c(=O)ncc2C)cc1. The summed E-state index contributed by atoms with van der Waals surface area (Å²) in [7, 11) is 3.64. The molecule has 1 aliphatic rings. The summed E-state index contributed by atoms with van der Waals surface area (Å²) in [6, 6.07) is 13.9. The Morgan fingerprint density at radius 2 is 1.55 bits per heavy atom. The number of aromatic amines is 1. The van der Waals surface area contributed by atoms with E-state index in [2.05, 4.69) is 46.1 Å². The number of H-pyrrole nitrogens is 1. The highest BCUT2D eigenvalue weighted by Gasteiger charge is 2.23. The zero-order valence-electron chi connectivity index (χ0n) is 37.8. The van der Waals surface area contributed by atoms with E-state index in [1.807, 2.05) is 43.1 Å². The van der Waals surface area contributed by atoms with Crippen LogP contribution in [0.1, 0.15) is 22.5 Å². The van der Waals surface area contributed by atoms with Crippen LogP contribution in [0.15, 0.2) is 76.1 Å². The number of hydrogen-bond donors (Lipinski definition) is 4. The fourth-order valence-corrected chi connectivity index (χ4v) is 7.99. The molecule has 0 saturated carbocycles. The number of nitrogens with zero attached hydrogens (tertiary/aromatic N) is 7. The lowest BCUT2D eigenvalue weighted by atomic mass is 10.2. The van der Waals surface area contributed by atoms with Crippen molar-refractivity contribution in [3.05, 3.63) is 99.3 Å². The Morgan fingerprint density at radius 3 is 2.27 bits per heavy atom. The molecule has 2 aromatic carbocycles. The van der Waals surface area contributed by atoms with Crippen molar-refractivity contribution in [3.63, 3.8) is 0 Å². The molecule has 1 fully saturated rings. The second kappa shape index (κ2) is 27.0. The molecule has 6 rings (SSSR count). The van der Waals surface area contributed by atoms with Gasteiger partial charge in [0.05, 0.1) is 89.8 Å². The topological polar surface area (TPSA) is 239 Å². The van der Waals surface area contributed by atoms with Crippen LogP contribution in [0.4, 0.5) is 15.6 Å². The van der Waals surface area contributed by atoms with Gasteiger partial charge in [0.15, 0.2) is 5.13 Å². The molecule has 3 aromatic heterocycles. The van der Waals surface area contributed by atoms with Gasteiger partial charge in [-0.3, -0.25) is 14.9 Å². The molecule has 4 heterocycles. The zero-order chi connectivity index (χ0) is 47.2. The fourth-order valence-electron chi connectivity index (χ4n) is 6.26. The minimum atomic E-state index is -0.633. The number of urea groups is 1. The first kappa shape index (κ1) is 50.5. The number of rotatable bonds is 27. The monoisotopic (exact) mass is 963 g/mol. The van der Waals surface area contributed by atoms with Crippen molar-refractivity contribution in [2.75, 3.05) is 104 Å². The summed E-state index contributed by atoms with van der Waals surface area (Å²) < 4.78 is 35.4. The van der Waals surface area contributed by atoms with Crippen LogP contribution in [-0.2, 0) is 54.7 Å². The molecule has 0 aliphatic carbocycles. The van der Waals surface area contributed by atoms with Crippen LogP contribution in [0.25, 0.3) is 0 Å². The van der Waals surface area contributed by atoms with E-state index in [4.69, 9.17) is 28.4 Å². The van der Waals surface area contributed by atoms with E-state index < -0.39 is 17.0 Å². The quantitative estimate of drug-likeness (QED) is 0.0336. The lowest BCUT2D eigenvalue weighted by molar-refractivity contribution is -0.132. The predicted octanol–water partition coefficient (Wildman–Crippen LogP) is 3.22. The first-order valence-electron chi connectivity index (χ1n) is 21.6. The number of carbonyl (C=O) groups is 3. The number of thioether (sulfide) groups is 1. The van der Waals surface area contributed by atoms with Crippen LogP contribution in [-0.4, -0.2) is 156 Å². The van der Waals surface area contributed by atoms with Crippen LogP contribution in [0, 0.1) is 6.92 Å². The van der Waals surface area contributed by atoms with Crippen LogP contribution < -0.4 is 31.1 Å². The van der Waals surface area contributed by atoms with Crippen molar-refractivity contribution in [1.29, 1.82) is 0 Å². The Balaban J connectivity index is 0.774. The molecule has 21 nitrogen and oxygen atoms in total.